The number of anilines is 1. The van der Waals surface area contributed by atoms with Crippen molar-refractivity contribution in [2.75, 3.05) is 25.0 Å². The molecule has 0 spiro atoms. The SMILES string of the molecule is Cc1cc(CN(C)C(=O)NCc2ccnc(N3CCCC3)c2)no1. The third kappa shape index (κ3) is 4.04. The van der Waals surface area contributed by atoms with Crippen LogP contribution in [0.3, 0.4) is 0 Å². The van der Waals surface area contributed by atoms with Gasteiger partial charge in [0.1, 0.15) is 17.3 Å². The fraction of sp³-hybridized carbons (Fsp3) is 0.471. The third-order valence-electron chi connectivity index (χ3n) is 4.11. The number of nitrogens with zero attached hydrogens (tertiary/aromatic N) is 4. The van der Waals surface area contributed by atoms with Gasteiger partial charge in [-0.1, -0.05) is 5.16 Å². The maximum absolute atomic E-state index is 12.2. The summed E-state index contributed by atoms with van der Waals surface area (Å²) in [6, 6.07) is 5.66. The van der Waals surface area contributed by atoms with Crippen molar-refractivity contribution in [1.82, 2.24) is 20.4 Å². The van der Waals surface area contributed by atoms with Crippen LogP contribution < -0.4 is 10.2 Å². The van der Waals surface area contributed by atoms with Crippen LogP contribution in [0.5, 0.6) is 0 Å². The van der Waals surface area contributed by atoms with Crippen LogP contribution in [0.2, 0.25) is 0 Å². The van der Waals surface area contributed by atoms with Crippen LogP contribution in [-0.2, 0) is 13.1 Å². The standard InChI is InChI=1S/C17H23N5O2/c1-13-9-15(20-24-13)12-21(2)17(23)19-11-14-5-6-18-16(10-14)22-7-3-4-8-22/h5-6,9-10H,3-4,7-8,11-12H2,1-2H3,(H,19,23). The molecule has 1 fully saturated rings. The lowest BCUT2D eigenvalue weighted by atomic mass is 10.2. The van der Waals surface area contributed by atoms with Crippen LogP contribution in [0.15, 0.2) is 28.9 Å². The minimum absolute atomic E-state index is 0.143. The molecular weight excluding hydrogens is 306 g/mol. The minimum Gasteiger partial charge on any atom is -0.361 e. The van der Waals surface area contributed by atoms with Gasteiger partial charge in [-0.3, -0.25) is 0 Å². The summed E-state index contributed by atoms with van der Waals surface area (Å²) in [5, 5.41) is 6.83. The molecule has 7 nitrogen and oxygen atoms in total. The predicted octanol–water partition coefficient (Wildman–Crippen LogP) is 2.32. The van der Waals surface area contributed by atoms with Crippen LogP contribution in [0.4, 0.5) is 10.6 Å². The maximum atomic E-state index is 12.2. The van der Waals surface area contributed by atoms with Crippen molar-refractivity contribution in [3.8, 4) is 0 Å². The van der Waals surface area contributed by atoms with Crippen molar-refractivity contribution in [2.24, 2.45) is 0 Å². The van der Waals surface area contributed by atoms with E-state index in [0.717, 1.165) is 35.9 Å². The lowest BCUT2D eigenvalue weighted by molar-refractivity contribution is 0.205. The Labute approximate surface area is 141 Å². The first-order valence-electron chi connectivity index (χ1n) is 8.23. The van der Waals surface area contributed by atoms with Crippen LogP contribution in [0.25, 0.3) is 0 Å². The zero-order valence-electron chi connectivity index (χ0n) is 14.2. The highest BCUT2D eigenvalue weighted by molar-refractivity contribution is 5.73. The van der Waals surface area contributed by atoms with Crippen molar-refractivity contribution >= 4 is 11.8 Å². The largest absolute Gasteiger partial charge is 0.361 e. The number of aromatic nitrogens is 2. The summed E-state index contributed by atoms with van der Waals surface area (Å²) < 4.78 is 5.02. The molecule has 3 heterocycles. The molecule has 128 valence electrons. The van der Waals surface area contributed by atoms with E-state index in [1.165, 1.54) is 12.8 Å². The predicted molar refractivity (Wildman–Crippen MR) is 90.6 cm³/mol. The Balaban J connectivity index is 1.52. The molecule has 1 aliphatic rings. The van der Waals surface area contributed by atoms with Gasteiger partial charge in [-0.2, -0.15) is 0 Å². The van der Waals surface area contributed by atoms with Gasteiger partial charge in [-0.25, -0.2) is 9.78 Å². The van der Waals surface area contributed by atoms with Gasteiger partial charge in [0.25, 0.3) is 0 Å². The molecule has 1 N–H and O–H groups in total. The number of amides is 2. The normalized spacial score (nSPS) is 14.0. The summed E-state index contributed by atoms with van der Waals surface area (Å²) >= 11 is 0. The van der Waals surface area contributed by atoms with Crippen molar-refractivity contribution in [3.63, 3.8) is 0 Å². The third-order valence-corrected chi connectivity index (χ3v) is 4.11. The van der Waals surface area contributed by atoms with Gasteiger partial charge < -0.3 is 19.6 Å². The highest BCUT2D eigenvalue weighted by Crippen LogP contribution is 2.18. The molecule has 0 bridgehead atoms. The van der Waals surface area contributed by atoms with Gasteiger partial charge in [-0.15, -0.1) is 0 Å². The highest BCUT2D eigenvalue weighted by Gasteiger charge is 2.14. The van der Waals surface area contributed by atoms with Crippen molar-refractivity contribution in [2.45, 2.75) is 32.9 Å². The molecule has 3 rings (SSSR count). The van der Waals surface area contributed by atoms with E-state index in [2.05, 4.69) is 20.4 Å². The molecule has 1 aliphatic heterocycles. The van der Waals surface area contributed by atoms with Crippen LogP contribution in [0, 0.1) is 6.92 Å². The van der Waals surface area contributed by atoms with E-state index in [0.29, 0.717) is 13.1 Å². The van der Waals surface area contributed by atoms with Gasteiger partial charge in [0.05, 0.1) is 6.54 Å². The number of urea groups is 1. The Morgan fingerprint density at radius 1 is 1.38 bits per heavy atom. The quantitative estimate of drug-likeness (QED) is 0.911. The first-order chi connectivity index (χ1) is 11.6. The summed E-state index contributed by atoms with van der Waals surface area (Å²) in [5.41, 5.74) is 1.79. The summed E-state index contributed by atoms with van der Waals surface area (Å²) in [4.78, 5) is 20.5. The van der Waals surface area contributed by atoms with E-state index >= 15 is 0 Å². The monoisotopic (exact) mass is 329 g/mol. The van der Waals surface area contributed by atoms with Gasteiger partial charge in [0, 0.05) is 38.9 Å². The molecule has 2 aromatic heterocycles. The average Bonchev–Trinajstić information content (AvgIpc) is 3.25. The number of carbonyl (C=O) groups excluding carboxylic acids is 1. The molecular formula is C17H23N5O2. The first kappa shape index (κ1) is 16.3. The number of carbonyl (C=O) groups is 1. The molecule has 7 heteroatoms. The van der Waals surface area contributed by atoms with Gasteiger partial charge in [0.2, 0.25) is 0 Å². The van der Waals surface area contributed by atoms with Crippen molar-refractivity contribution in [1.29, 1.82) is 0 Å². The van der Waals surface area contributed by atoms with Crippen LogP contribution in [-0.4, -0.2) is 41.2 Å². The maximum Gasteiger partial charge on any atom is 0.317 e. The number of pyridine rings is 1. The number of hydrogen-bond acceptors (Lipinski definition) is 5. The number of hydrogen-bond donors (Lipinski definition) is 1. The second-order valence-electron chi connectivity index (χ2n) is 6.16. The number of rotatable bonds is 5. The van der Waals surface area contributed by atoms with Crippen LogP contribution >= 0.6 is 0 Å². The van der Waals surface area contributed by atoms with Crippen molar-refractivity contribution in [3.05, 3.63) is 41.4 Å². The molecule has 2 aromatic rings. The fourth-order valence-electron chi connectivity index (χ4n) is 2.81. The second kappa shape index (κ2) is 7.33. The Morgan fingerprint density at radius 2 is 2.17 bits per heavy atom. The number of aryl methyl sites for hydroxylation is 1. The summed E-state index contributed by atoms with van der Waals surface area (Å²) in [6.07, 6.45) is 4.24. The Hall–Kier alpha value is -2.57. The summed E-state index contributed by atoms with van der Waals surface area (Å²) in [5.74, 6) is 1.73. The Morgan fingerprint density at radius 3 is 2.88 bits per heavy atom. The van der Waals surface area contributed by atoms with E-state index in [4.69, 9.17) is 4.52 Å². The molecule has 0 aromatic carbocycles. The average molecular weight is 329 g/mol. The van der Waals surface area contributed by atoms with Gasteiger partial charge in [-0.05, 0) is 37.5 Å². The highest BCUT2D eigenvalue weighted by atomic mass is 16.5. The topological polar surface area (TPSA) is 74.5 Å². The number of nitrogens with one attached hydrogen (secondary N) is 1. The molecule has 1 saturated heterocycles. The van der Waals surface area contributed by atoms with E-state index in [-0.39, 0.29) is 6.03 Å². The van der Waals surface area contributed by atoms with Gasteiger partial charge in [0.15, 0.2) is 0 Å². The molecule has 0 unspecified atom stereocenters. The minimum atomic E-state index is -0.143. The molecule has 24 heavy (non-hydrogen) atoms. The molecule has 0 radical (unpaired) electrons. The molecule has 0 saturated carbocycles. The van der Waals surface area contributed by atoms with E-state index in [1.807, 2.05) is 25.1 Å². The lowest BCUT2D eigenvalue weighted by Crippen LogP contribution is -2.36. The smallest absolute Gasteiger partial charge is 0.317 e. The van der Waals surface area contributed by atoms with E-state index in [1.54, 1.807) is 18.1 Å². The fourth-order valence-corrected chi connectivity index (χ4v) is 2.81. The lowest BCUT2D eigenvalue weighted by Gasteiger charge is -2.18. The zero-order valence-corrected chi connectivity index (χ0v) is 14.2. The summed E-state index contributed by atoms with van der Waals surface area (Å²) in [7, 11) is 1.74. The van der Waals surface area contributed by atoms with Gasteiger partial charge >= 0.3 is 6.03 Å². The van der Waals surface area contributed by atoms with E-state index in [9.17, 15) is 4.79 Å². The molecule has 0 aliphatic carbocycles. The van der Waals surface area contributed by atoms with Crippen LogP contribution in [0.1, 0.15) is 29.9 Å². The molecule has 2 amide bonds. The van der Waals surface area contributed by atoms with E-state index < -0.39 is 0 Å². The van der Waals surface area contributed by atoms with Crippen molar-refractivity contribution < 1.29 is 9.32 Å². The Kier molecular flexibility index (Phi) is 4.98. The summed E-state index contributed by atoms with van der Waals surface area (Å²) in [6.45, 7) is 4.84. The Bertz CT molecular complexity index is 694. The zero-order chi connectivity index (χ0) is 16.9. The second-order valence-corrected chi connectivity index (χ2v) is 6.16. The first-order valence-corrected chi connectivity index (χ1v) is 8.23. The molecule has 0 atom stereocenters.